The molecule has 2 rings (SSSR count). The first-order valence-corrected chi connectivity index (χ1v) is 6.78. The van der Waals surface area contributed by atoms with Crippen molar-refractivity contribution in [2.45, 2.75) is 11.8 Å². The maximum absolute atomic E-state index is 11.9. The summed E-state index contributed by atoms with van der Waals surface area (Å²) in [5, 5.41) is 11.3. The van der Waals surface area contributed by atoms with Crippen LogP contribution in [0.15, 0.2) is 34.0 Å². The number of H-pyrrole nitrogens is 1. The van der Waals surface area contributed by atoms with Gasteiger partial charge in [-0.2, -0.15) is 8.42 Å². The van der Waals surface area contributed by atoms with Gasteiger partial charge < -0.3 is 5.11 Å². The molecule has 0 spiro atoms. The van der Waals surface area contributed by atoms with Gasteiger partial charge in [0.25, 0.3) is 15.7 Å². The molecule has 0 saturated carbocycles. The third-order valence-corrected chi connectivity index (χ3v) is 3.60. The zero-order valence-electron chi connectivity index (χ0n) is 10.2. The van der Waals surface area contributed by atoms with Gasteiger partial charge in [0, 0.05) is 5.56 Å². The number of aromatic nitrogens is 2. The Morgan fingerprint density at radius 2 is 1.80 bits per heavy atom. The van der Waals surface area contributed by atoms with Gasteiger partial charge >= 0.3 is 5.97 Å². The van der Waals surface area contributed by atoms with E-state index >= 15 is 0 Å². The van der Waals surface area contributed by atoms with Crippen LogP contribution in [0.4, 0.5) is 0 Å². The van der Waals surface area contributed by atoms with Crippen LogP contribution in [0.1, 0.15) is 16.1 Å². The van der Waals surface area contributed by atoms with Gasteiger partial charge in [-0.15, -0.1) is 0 Å². The lowest BCUT2D eigenvalue weighted by Crippen LogP contribution is -2.15. The van der Waals surface area contributed by atoms with E-state index in [1.807, 2.05) is 0 Å². The number of hydrogen-bond donors (Lipinski definition) is 3. The van der Waals surface area contributed by atoms with Crippen molar-refractivity contribution in [3.05, 3.63) is 45.9 Å². The Bertz CT molecular complexity index is 829. The molecule has 20 heavy (non-hydrogen) atoms. The molecular formula is C11H10N2O6S. The minimum absolute atomic E-state index is 0.0383. The van der Waals surface area contributed by atoms with Crippen molar-refractivity contribution in [1.82, 2.24) is 9.78 Å². The van der Waals surface area contributed by atoms with Gasteiger partial charge in [-0.1, -0.05) is 0 Å². The number of carboxylic acids is 1. The fourth-order valence-corrected chi connectivity index (χ4v) is 2.16. The SMILES string of the molecule is Cc1c(C(=O)O)[nH]n(-c2ccc(S(=O)(=O)O)cc2)c1=O. The van der Waals surface area contributed by atoms with Gasteiger partial charge in [-0.25, -0.2) is 9.48 Å². The van der Waals surface area contributed by atoms with Crippen molar-refractivity contribution in [3.63, 3.8) is 0 Å². The molecule has 3 N–H and O–H groups in total. The third kappa shape index (κ3) is 2.36. The van der Waals surface area contributed by atoms with E-state index in [-0.39, 0.29) is 21.8 Å². The van der Waals surface area contributed by atoms with Crippen LogP contribution in [0.5, 0.6) is 0 Å². The van der Waals surface area contributed by atoms with Crippen molar-refractivity contribution in [1.29, 1.82) is 0 Å². The zero-order valence-corrected chi connectivity index (χ0v) is 11.0. The minimum atomic E-state index is -4.32. The second-order valence-electron chi connectivity index (χ2n) is 4.03. The Kier molecular flexibility index (Phi) is 3.24. The van der Waals surface area contributed by atoms with Crippen molar-refractivity contribution >= 4 is 16.1 Å². The number of rotatable bonds is 3. The van der Waals surface area contributed by atoms with Gasteiger partial charge in [-0.05, 0) is 31.2 Å². The van der Waals surface area contributed by atoms with E-state index in [9.17, 15) is 18.0 Å². The summed E-state index contributed by atoms with van der Waals surface area (Å²) in [5.74, 6) is -1.27. The Morgan fingerprint density at radius 1 is 1.25 bits per heavy atom. The Balaban J connectivity index is 2.56. The average molecular weight is 298 g/mol. The molecule has 0 aliphatic rings. The lowest BCUT2D eigenvalue weighted by Gasteiger charge is -2.02. The molecule has 0 radical (unpaired) electrons. The molecule has 0 bridgehead atoms. The number of hydrogen-bond acceptors (Lipinski definition) is 4. The van der Waals surface area contributed by atoms with Crippen LogP contribution in [0.25, 0.3) is 5.69 Å². The molecule has 0 saturated heterocycles. The monoisotopic (exact) mass is 298 g/mol. The van der Waals surface area contributed by atoms with E-state index in [0.717, 1.165) is 16.8 Å². The van der Waals surface area contributed by atoms with Crippen LogP contribution in [0.3, 0.4) is 0 Å². The third-order valence-electron chi connectivity index (χ3n) is 2.73. The van der Waals surface area contributed by atoms with Gasteiger partial charge in [-0.3, -0.25) is 14.4 Å². The minimum Gasteiger partial charge on any atom is -0.477 e. The summed E-state index contributed by atoms with van der Waals surface area (Å²) in [4.78, 5) is 22.5. The molecular weight excluding hydrogens is 288 g/mol. The van der Waals surface area contributed by atoms with Crippen LogP contribution >= 0.6 is 0 Å². The lowest BCUT2D eigenvalue weighted by molar-refractivity contribution is 0.0689. The number of carboxylic acid groups (broad SMARTS) is 1. The molecule has 1 heterocycles. The molecule has 9 heteroatoms. The summed E-state index contributed by atoms with van der Waals surface area (Å²) in [6, 6.07) is 4.75. The number of nitrogens with one attached hydrogen (secondary N) is 1. The fraction of sp³-hybridized carbons (Fsp3) is 0.0909. The first-order valence-electron chi connectivity index (χ1n) is 5.34. The second-order valence-corrected chi connectivity index (χ2v) is 5.45. The molecule has 0 aliphatic heterocycles. The highest BCUT2D eigenvalue weighted by Gasteiger charge is 2.17. The van der Waals surface area contributed by atoms with Crippen molar-refractivity contribution < 1.29 is 22.9 Å². The Hall–Kier alpha value is -2.39. The summed E-state index contributed by atoms with van der Waals surface area (Å²) >= 11 is 0. The maximum Gasteiger partial charge on any atom is 0.354 e. The summed E-state index contributed by atoms with van der Waals surface area (Å²) in [6.07, 6.45) is 0. The van der Waals surface area contributed by atoms with Crippen molar-refractivity contribution in [2.75, 3.05) is 0 Å². The zero-order chi connectivity index (χ0) is 15.1. The summed E-state index contributed by atoms with van der Waals surface area (Å²) in [6.45, 7) is 1.37. The molecule has 0 unspecified atom stereocenters. The first kappa shape index (κ1) is 14.0. The molecule has 0 aliphatic carbocycles. The topological polar surface area (TPSA) is 129 Å². The summed E-state index contributed by atoms with van der Waals surface area (Å²) in [7, 11) is -4.32. The smallest absolute Gasteiger partial charge is 0.354 e. The first-order chi connectivity index (χ1) is 9.21. The van der Waals surface area contributed by atoms with Crippen LogP contribution in [-0.2, 0) is 10.1 Å². The number of benzene rings is 1. The normalized spacial score (nSPS) is 11.5. The molecule has 2 aromatic rings. The standard InChI is InChI=1S/C11H10N2O6S/c1-6-9(11(15)16)12-13(10(6)14)7-2-4-8(5-3-7)20(17,18)19/h2-5,12H,1H3,(H,15,16)(H,17,18,19). The number of aromatic amines is 1. The van der Waals surface area contributed by atoms with Gasteiger partial charge in [0.15, 0.2) is 0 Å². The fourth-order valence-electron chi connectivity index (χ4n) is 1.68. The van der Waals surface area contributed by atoms with E-state index in [1.54, 1.807) is 0 Å². The molecule has 8 nitrogen and oxygen atoms in total. The lowest BCUT2D eigenvalue weighted by atomic mass is 10.3. The van der Waals surface area contributed by atoms with E-state index < -0.39 is 21.6 Å². The molecule has 1 aromatic heterocycles. The predicted molar refractivity (Wildman–Crippen MR) is 67.9 cm³/mol. The second kappa shape index (κ2) is 4.62. The largest absolute Gasteiger partial charge is 0.477 e. The van der Waals surface area contributed by atoms with Crippen LogP contribution in [0.2, 0.25) is 0 Å². The van der Waals surface area contributed by atoms with E-state index in [1.165, 1.54) is 19.1 Å². The van der Waals surface area contributed by atoms with Crippen LogP contribution < -0.4 is 5.56 Å². The molecule has 0 amide bonds. The van der Waals surface area contributed by atoms with Crippen LogP contribution in [0, 0.1) is 6.92 Å². The molecule has 106 valence electrons. The number of aromatic carboxylic acids is 1. The van der Waals surface area contributed by atoms with Crippen molar-refractivity contribution in [2.24, 2.45) is 0 Å². The number of nitrogens with zero attached hydrogens (tertiary/aromatic N) is 1. The average Bonchev–Trinajstić information content (AvgIpc) is 2.66. The van der Waals surface area contributed by atoms with E-state index in [4.69, 9.17) is 9.66 Å². The van der Waals surface area contributed by atoms with E-state index in [0.29, 0.717) is 0 Å². The van der Waals surface area contributed by atoms with Crippen LogP contribution in [-0.4, -0.2) is 33.8 Å². The van der Waals surface area contributed by atoms with Crippen molar-refractivity contribution in [3.8, 4) is 5.69 Å². The Morgan fingerprint density at radius 3 is 2.20 bits per heavy atom. The van der Waals surface area contributed by atoms with Gasteiger partial charge in [0.2, 0.25) is 0 Å². The highest BCUT2D eigenvalue weighted by molar-refractivity contribution is 7.85. The quantitative estimate of drug-likeness (QED) is 0.704. The predicted octanol–water partition coefficient (Wildman–Crippen LogP) is 0.419. The molecule has 1 aromatic carbocycles. The highest BCUT2D eigenvalue weighted by atomic mass is 32.2. The summed E-state index contributed by atoms with van der Waals surface area (Å²) < 4.78 is 31.6. The van der Waals surface area contributed by atoms with Gasteiger partial charge in [0.1, 0.15) is 5.69 Å². The van der Waals surface area contributed by atoms with E-state index in [2.05, 4.69) is 5.10 Å². The summed E-state index contributed by atoms with van der Waals surface area (Å²) in [5.41, 5.74) is -0.509. The maximum atomic E-state index is 11.9. The Labute approximate surface area is 113 Å². The molecule has 0 fully saturated rings. The number of carbonyl (C=O) groups is 1. The molecule has 0 atom stereocenters. The van der Waals surface area contributed by atoms with Gasteiger partial charge in [0.05, 0.1) is 10.6 Å². The highest BCUT2D eigenvalue weighted by Crippen LogP contribution is 2.13.